The van der Waals surface area contributed by atoms with Gasteiger partial charge in [-0.05, 0) is 59.1 Å². The molecule has 2 heteroatoms. The van der Waals surface area contributed by atoms with Gasteiger partial charge in [-0.2, -0.15) is 23.5 Å². The quantitative estimate of drug-likeness (QED) is 0.447. The number of hydrogen-bond donors (Lipinski definition) is 0. The maximum Gasteiger partial charge on any atom is 0.0188 e. The molecule has 6 bridgehead atoms. The Bertz CT molecular complexity index is 642. The zero-order chi connectivity index (χ0) is 18.3. The Morgan fingerprint density at radius 3 is 1.04 bits per heavy atom. The van der Waals surface area contributed by atoms with Gasteiger partial charge >= 0.3 is 0 Å². The molecule has 144 valence electrons. The van der Waals surface area contributed by atoms with E-state index in [-0.39, 0.29) is 0 Å². The number of aryl methyl sites for hydroxylation is 2. The summed E-state index contributed by atoms with van der Waals surface area (Å²) in [6.45, 7) is 0. The fraction of sp³-hybridized carbons (Fsp3) is 0.520. The summed E-state index contributed by atoms with van der Waals surface area (Å²) < 4.78 is 0. The molecule has 5 rings (SSSR count). The van der Waals surface area contributed by atoms with E-state index in [1.54, 1.807) is 11.1 Å². The first-order chi connectivity index (χ1) is 13.3. The van der Waals surface area contributed by atoms with Gasteiger partial charge in [-0.15, -0.1) is 0 Å². The molecule has 0 radical (unpaired) electrons. The summed E-state index contributed by atoms with van der Waals surface area (Å²) >= 11 is 4.17. The van der Waals surface area contributed by atoms with E-state index in [0.717, 1.165) is 23.0 Å². The summed E-state index contributed by atoms with van der Waals surface area (Å²) in [5.41, 5.74) is 9.28. The van der Waals surface area contributed by atoms with Crippen LogP contribution in [0.5, 0.6) is 0 Å². The molecule has 0 nitrogen and oxygen atoms in total. The van der Waals surface area contributed by atoms with Crippen LogP contribution in [0.15, 0.2) is 36.4 Å². The van der Waals surface area contributed by atoms with Crippen LogP contribution in [0.2, 0.25) is 0 Å². The van der Waals surface area contributed by atoms with Crippen molar-refractivity contribution in [1.29, 1.82) is 0 Å². The molecule has 0 spiro atoms. The lowest BCUT2D eigenvalue weighted by Crippen LogP contribution is -1.97. The van der Waals surface area contributed by atoms with Gasteiger partial charge in [0.15, 0.2) is 0 Å². The third-order valence-corrected chi connectivity index (χ3v) is 7.88. The zero-order valence-electron chi connectivity index (χ0n) is 16.5. The van der Waals surface area contributed by atoms with Crippen molar-refractivity contribution < 1.29 is 0 Å². The molecule has 0 unspecified atom stereocenters. The number of benzene rings is 2. The van der Waals surface area contributed by atoms with Crippen molar-refractivity contribution in [2.45, 2.75) is 80.8 Å². The minimum Gasteiger partial charge on any atom is -0.152 e. The van der Waals surface area contributed by atoms with Crippen LogP contribution >= 0.6 is 23.5 Å². The zero-order valence-corrected chi connectivity index (χ0v) is 18.1. The van der Waals surface area contributed by atoms with Crippen molar-refractivity contribution in [1.82, 2.24) is 0 Å². The highest BCUT2D eigenvalue weighted by molar-refractivity contribution is 7.98. The van der Waals surface area contributed by atoms with E-state index < -0.39 is 0 Å². The maximum absolute atomic E-state index is 2.48. The maximum atomic E-state index is 2.48. The van der Waals surface area contributed by atoms with Gasteiger partial charge in [-0.25, -0.2) is 0 Å². The van der Waals surface area contributed by atoms with Gasteiger partial charge in [0.2, 0.25) is 0 Å². The Morgan fingerprint density at radius 1 is 0.370 bits per heavy atom. The first kappa shape index (κ1) is 19.5. The largest absolute Gasteiger partial charge is 0.152 e. The van der Waals surface area contributed by atoms with E-state index >= 15 is 0 Å². The van der Waals surface area contributed by atoms with Crippen LogP contribution in [-0.4, -0.2) is 0 Å². The molecule has 0 saturated carbocycles. The highest BCUT2D eigenvalue weighted by Crippen LogP contribution is 2.28. The van der Waals surface area contributed by atoms with E-state index in [1.165, 1.54) is 80.0 Å². The molecule has 0 atom stereocenters. The SMILES string of the molecule is c1c2cc3cc1CSCc1cc(cc(c1)CSC3)CCCCCCCCC2. The molecule has 2 aromatic carbocycles. The number of rotatable bonds is 0. The lowest BCUT2D eigenvalue weighted by atomic mass is 9.99. The first-order valence-electron chi connectivity index (χ1n) is 10.7. The van der Waals surface area contributed by atoms with Crippen LogP contribution < -0.4 is 0 Å². The Balaban J connectivity index is 1.61. The highest BCUT2D eigenvalue weighted by Gasteiger charge is 2.08. The van der Waals surface area contributed by atoms with E-state index in [9.17, 15) is 0 Å². The summed E-state index contributed by atoms with van der Waals surface area (Å²) in [5, 5.41) is 0. The van der Waals surface area contributed by atoms with Crippen molar-refractivity contribution >= 4 is 23.5 Å². The van der Waals surface area contributed by atoms with Crippen molar-refractivity contribution in [3.05, 3.63) is 69.8 Å². The Labute approximate surface area is 173 Å². The van der Waals surface area contributed by atoms with Crippen molar-refractivity contribution in [3.8, 4) is 0 Å². The normalized spacial score (nSPS) is 19.1. The van der Waals surface area contributed by atoms with E-state index in [1.807, 2.05) is 0 Å². The topological polar surface area (TPSA) is 0 Å². The summed E-state index contributed by atoms with van der Waals surface area (Å²) in [7, 11) is 0. The molecular weight excluding hydrogens is 364 g/mol. The lowest BCUT2D eigenvalue weighted by molar-refractivity contribution is 0.579. The van der Waals surface area contributed by atoms with Crippen LogP contribution in [0.1, 0.15) is 78.3 Å². The minimum absolute atomic E-state index is 1.14. The predicted molar refractivity (Wildman–Crippen MR) is 123 cm³/mol. The number of fused-ring (bicyclic) bond motifs is 12. The van der Waals surface area contributed by atoms with Crippen LogP contribution in [-0.2, 0) is 35.9 Å². The summed E-state index contributed by atoms with van der Waals surface area (Å²) in [6, 6.07) is 14.9. The Morgan fingerprint density at radius 2 is 0.667 bits per heavy atom. The first-order valence-corrected chi connectivity index (χ1v) is 13.0. The fourth-order valence-corrected chi connectivity index (χ4v) is 6.23. The second-order valence-electron chi connectivity index (χ2n) is 8.28. The molecule has 0 aliphatic carbocycles. The summed E-state index contributed by atoms with van der Waals surface area (Å²) in [5.74, 6) is 4.58. The monoisotopic (exact) mass is 396 g/mol. The van der Waals surface area contributed by atoms with Gasteiger partial charge in [0.1, 0.15) is 0 Å². The molecule has 27 heavy (non-hydrogen) atoms. The van der Waals surface area contributed by atoms with Gasteiger partial charge in [0.25, 0.3) is 0 Å². The highest BCUT2D eigenvalue weighted by atomic mass is 32.2. The van der Waals surface area contributed by atoms with Gasteiger partial charge < -0.3 is 0 Å². The standard InChI is InChI=1S/C25H32S2/c1-2-4-6-8-20-10-22-14-23(11-20)17-27-19-25-13-21(9-7-5-3-1)12-24(15-25)18-26-16-22/h10-15H,1-9,16-19H2. The van der Waals surface area contributed by atoms with E-state index in [4.69, 9.17) is 0 Å². The number of thioether (sulfide) groups is 2. The van der Waals surface area contributed by atoms with Crippen LogP contribution in [0, 0.1) is 0 Å². The van der Waals surface area contributed by atoms with Crippen LogP contribution in [0.25, 0.3) is 0 Å². The third kappa shape index (κ3) is 6.06. The van der Waals surface area contributed by atoms with Gasteiger partial charge in [0.05, 0.1) is 0 Å². The fourth-order valence-electron chi connectivity index (χ4n) is 4.42. The Hall–Kier alpha value is -0.860. The smallest absolute Gasteiger partial charge is 0.0188 e. The molecule has 0 N–H and O–H groups in total. The summed E-state index contributed by atoms with van der Waals surface area (Å²) in [4.78, 5) is 0. The molecule has 2 aromatic rings. The van der Waals surface area contributed by atoms with Gasteiger partial charge in [-0.3, -0.25) is 0 Å². The second-order valence-corrected chi connectivity index (χ2v) is 10.2. The van der Waals surface area contributed by atoms with Gasteiger partial charge in [-0.1, -0.05) is 68.5 Å². The summed E-state index contributed by atoms with van der Waals surface area (Å²) in [6.07, 6.45) is 12.3. The molecule has 0 amide bonds. The molecule has 0 aromatic heterocycles. The molecule has 0 fully saturated rings. The van der Waals surface area contributed by atoms with Crippen molar-refractivity contribution in [2.75, 3.05) is 0 Å². The molecule has 3 aliphatic rings. The molecule has 3 heterocycles. The van der Waals surface area contributed by atoms with Crippen LogP contribution in [0.3, 0.4) is 0 Å². The average molecular weight is 397 g/mol. The van der Waals surface area contributed by atoms with E-state index in [2.05, 4.69) is 59.9 Å². The molecule has 0 saturated heterocycles. The lowest BCUT2D eigenvalue weighted by Gasteiger charge is -2.14. The van der Waals surface area contributed by atoms with Crippen LogP contribution in [0.4, 0.5) is 0 Å². The van der Waals surface area contributed by atoms with Crippen molar-refractivity contribution in [2.24, 2.45) is 0 Å². The van der Waals surface area contributed by atoms with Gasteiger partial charge in [0, 0.05) is 23.0 Å². The molecular formula is C25H32S2. The van der Waals surface area contributed by atoms with Crippen molar-refractivity contribution in [3.63, 3.8) is 0 Å². The molecule has 3 aliphatic heterocycles. The number of hydrogen-bond acceptors (Lipinski definition) is 2. The minimum atomic E-state index is 1.14. The average Bonchev–Trinajstić information content (AvgIpc) is 2.65. The Kier molecular flexibility index (Phi) is 7.26. The third-order valence-electron chi connectivity index (χ3n) is 5.73. The predicted octanol–water partition coefficient (Wildman–Crippen LogP) is 7.70. The second kappa shape index (κ2) is 10.1. The van der Waals surface area contributed by atoms with E-state index in [0.29, 0.717) is 0 Å².